The molecule has 21 heavy (non-hydrogen) atoms. The molecule has 0 fully saturated rings. The molecule has 0 radical (unpaired) electrons. The van der Waals surface area contributed by atoms with Gasteiger partial charge >= 0.3 is 0 Å². The van der Waals surface area contributed by atoms with Crippen molar-refractivity contribution in [3.05, 3.63) is 51.8 Å². The number of non-ortho nitro benzene ring substituents is 1. The van der Waals surface area contributed by atoms with Crippen molar-refractivity contribution in [2.24, 2.45) is 0 Å². The second-order valence-corrected chi connectivity index (χ2v) is 4.37. The van der Waals surface area contributed by atoms with Crippen molar-refractivity contribution >= 4 is 17.3 Å². The first-order chi connectivity index (χ1) is 10.0. The summed E-state index contributed by atoms with van der Waals surface area (Å²) in [6, 6.07) is 5.80. The zero-order valence-corrected chi connectivity index (χ0v) is 11.6. The Bertz CT molecular complexity index is 681. The molecule has 1 heterocycles. The van der Waals surface area contributed by atoms with E-state index in [1.807, 2.05) is 0 Å². The normalized spacial score (nSPS) is 10.4. The third-order valence-corrected chi connectivity index (χ3v) is 2.80. The molecule has 0 unspecified atom stereocenters. The molecular formula is C13H14N4O4. The van der Waals surface area contributed by atoms with Gasteiger partial charge in [-0.05, 0) is 24.6 Å². The van der Waals surface area contributed by atoms with Crippen LogP contribution in [0.4, 0.5) is 11.4 Å². The average molecular weight is 290 g/mol. The third kappa shape index (κ3) is 3.42. The van der Waals surface area contributed by atoms with Crippen LogP contribution in [0.25, 0.3) is 0 Å². The highest BCUT2D eigenvalue weighted by molar-refractivity contribution is 6.03. The number of aryl methyl sites for hydroxylation is 1. The van der Waals surface area contributed by atoms with E-state index in [2.05, 4.69) is 10.4 Å². The number of hydrogen-bond acceptors (Lipinski definition) is 5. The van der Waals surface area contributed by atoms with Crippen LogP contribution in [-0.4, -0.2) is 27.7 Å². The predicted molar refractivity (Wildman–Crippen MR) is 75.0 cm³/mol. The van der Waals surface area contributed by atoms with E-state index >= 15 is 0 Å². The molecule has 8 heteroatoms. The van der Waals surface area contributed by atoms with E-state index in [9.17, 15) is 14.9 Å². The van der Waals surface area contributed by atoms with E-state index in [0.29, 0.717) is 11.3 Å². The number of amides is 1. The molecule has 0 saturated carbocycles. The molecule has 0 aliphatic heterocycles. The fraction of sp³-hybridized carbons (Fsp3) is 0.231. The van der Waals surface area contributed by atoms with Crippen molar-refractivity contribution < 1.29 is 14.5 Å². The van der Waals surface area contributed by atoms with Crippen LogP contribution in [0.3, 0.4) is 0 Å². The second kappa shape index (κ2) is 6.14. The highest BCUT2D eigenvalue weighted by Crippen LogP contribution is 2.21. The molecule has 0 aliphatic rings. The summed E-state index contributed by atoms with van der Waals surface area (Å²) in [4.78, 5) is 22.2. The summed E-state index contributed by atoms with van der Waals surface area (Å²) in [5, 5.41) is 17.4. The molecule has 0 aliphatic carbocycles. The summed E-state index contributed by atoms with van der Waals surface area (Å²) >= 11 is 0. The average Bonchev–Trinajstić information content (AvgIpc) is 2.90. The first kappa shape index (κ1) is 14.7. The van der Waals surface area contributed by atoms with Gasteiger partial charge in [0, 0.05) is 31.1 Å². The van der Waals surface area contributed by atoms with Crippen LogP contribution in [0, 0.1) is 17.0 Å². The Morgan fingerprint density at radius 2 is 2.24 bits per heavy atom. The lowest BCUT2D eigenvalue weighted by atomic mass is 10.1. The van der Waals surface area contributed by atoms with Crippen LogP contribution in [0.5, 0.6) is 0 Å². The van der Waals surface area contributed by atoms with Gasteiger partial charge in [0.2, 0.25) is 0 Å². The molecule has 0 atom stereocenters. The maximum absolute atomic E-state index is 12.0. The minimum Gasteiger partial charge on any atom is -0.362 e. The number of anilines is 1. The van der Waals surface area contributed by atoms with Gasteiger partial charge in [-0.3, -0.25) is 14.9 Å². The Hall–Kier alpha value is -2.74. The number of nitrogens with one attached hydrogen (secondary N) is 1. The summed E-state index contributed by atoms with van der Waals surface area (Å²) < 4.78 is 6.38. The van der Waals surface area contributed by atoms with Crippen LogP contribution in [0.15, 0.2) is 30.5 Å². The van der Waals surface area contributed by atoms with Gasteiger partial charge in [0.25, 0.3) is 11.6 Å². The van der Waals surface area contributed by atoms with Crippen molar-refractivity contribution in [1.82, 2.24) is 9.78 Å². The van der Waals surface area contributed by atoms with E-state index in [1.54, 1.807) is 19.2 Å². The van der Waals surface area contributed by atoms with Crippen molar-refractivity contribution in [3.63, 3.8) is 0 Å². The van der Waals surface area contributed by atoms with Gasteiger partial charge in [-0.15, -0.1) is 0 Å². The van der Waals surface area contributed by atoms with Gasteiger partial charge in [-0.2, -0.15) is 5.10 Å². The van der Waals surface area contributed by atoms with Crippen molar-refractivity contribution in [3.8, 4) is 0 Å². The topological polar surface area (TPSA) is 99.3 Å². The standard InChI is InChI=1S/C13H14N4O4/c1-9-7-10(17(19)20)3-4-11(9)14-13(18)12-5-6-16(15-12)8-21-2/h3-7H,8H2,1-2H3,(H,14,18). The van der Waals surface area contributed by atoms with Gasteiger partial charge in [-0.25, -0.2) is 4.68 Å². The summed E-state index contributed by atoms with van der Waals surface area (Å²) in [7, 11) is 1.53. The maximum atomic E-state index is 12.0. The zero-order valence-electron chi connectivity index (χ0n) is 11.6. The van der Waals surface area contributed by atoms with Crippen molar-refractivity contribution in [2.75, 3.05) is 12.4 Å². The molecule has 2 rings (SSSR count). The molecular weight excluding hydrogens is 276 g/mol. The number of nitro groups is 1. The maximum Gasteiger partial charge on any atom is 0.276 e. The summed E-state index contributed by atoms with van der Waals surface area (Å²) in [5.74, 6) is -0.387. The fourth-order valence-electron chi connectivity index (χ4n) is 1.77. The Morgan fingerprint density at radius 1 is 1.48 bits per heavy atom. The Kier molecular flexibility index (Phi) is 4.29. The highest BCUT2D eigenvalue weighted by Gasteiger charge is 2.13. The number of nitro benzene ring substituents is 1. The van der Waals surface area contributed by atoms with Gasteiger partial charge in [0.1, 0.15) is 6.73 Å². The smallest absolute Gasteiger partial charge is 0.276 e. The largest absolute Gasteiger partial charge is 0.362 e. The molecule has 1 aromatic carbocycles. The van der Waals surface area contributed by atoms with Gasteiger partial charge < -0.3 is 10.1 Å². The molecule has 0 saturated heterocycles. The molecule has 110 valence electrons. The Labute approximate surface area is 120 Å². The Balaban J connectivity index is 2.13. The lowest BCUT2D eigenvalue weighted by molar-refractivity contribution is -0.384. The van der Waals surface area contributed by atoms with Crippen LogP contribution in [-0.2, 0) is 11.5 Å². The number of ether oxygens (including phenoxy) is 1. The van der Waals surface area contributed by atoms with E-state index in [0.717, 1.165) is 0 Å². The number of carbonyl (C=O) groups is 1. The zero-order chi connectivity index (χ0) is 15.4. The van der Waals surface area contributed by atoms with Gasteiger partial charge in [-0.1, -0.05) is 0 Å². The molecule has 0 bridgehead atoms. The molecule has 0 spiro atoms. The van der Waals surface area contributed by atoms with Crippen molar-refractivity contribution in [2.45, 2.75) is 13.7 Å². The summed E-state index contributed by atoms with van der Waals surface area (Å²) in [6.07, 6.45) is 1.63. The monoisotopic (exact) mass is 290 g/mol. The molecule has 8 nitrogen and oxygen atoms in total. The fourth-order valence-corrected chi connectivity index (χ4v) is 1.77. The molecule has 1 N–H and O–H groups in total. The van der Waals surface area contributed by atoms with Crippen LogP contribution >= 0.6 is 0 Å². The minimum absolute atomic E-state index is 0.0186. The number of rotatable bonds is 5. The van der Waals surface area contributed by atoms with E-state index in [-0.39, 0.29) is 24.0 Å². The number of nitrogens with zero attached hydrogens (tertiary/aromatic N) is 3. The van der Waals surface area contributed by atoms with E-state index in [4.69, 9.17) is 4.74 Å². The molecule has 1 aromatic heterocycles. The first-order valence-electron chi connectivity index (χ1n) is 6.10. The number of carbonyl (C=O) groups excluding carboxylic acids is 1. The molecule has 1 amide bonds. The van der Waals surface area contributed by atoms with E-state index < -0.39 is 4.92 Å². The van der Waals surface area contributed by atoms with Crippen molar-refractivity contribution in [1.29, 1.82) is 0 Å². The van der Waals surface area contributed by atoms with Crippen LogP contribution in [0.1, 0.15) is 16.1 Å². The van der Waals surface area contributed by atoms with E-state index in [1.165, 1.54) is 30.0 Å². The highest BCUT2D eigenvalue weighted by atomic mass is 16.6. The lowest BCUT2D eigenvalue weighted by Crippen LogP contribution is -2.14. The number of methoxy groups -OCH3 is 1. The van der Waals surface area contributed by atoms with Crippen LogP contribution < -0.4 is 5.32 Å². The first-order valence-corrected chi connectivity index (χ1v) is 6.10. The predicted octanol–water partition coefficient (Wildman–Crippen LogP) is 1.96. The van der Waals surface area contributed by atoms with Gasteiger partial charge in [0.05, 0.1) is 4.92 Å². The molecule has 2 aromatic rings. The lowest BCUT2D eigenvalue weighted by Gasteiger charge is -2.06. The Morgan fingerprint density at radius 3 is 2.86 bits per heavy atom. The van der Waals surface area contributed by atoms with Gasteiger partial charge in [0.15, 0.2) is 5.69 Å². The summed E-state index contributed by atoms with van der Waals surface area (Å²) in [5.41, 5.74) is 1.33. The third-order valence-electron chi connectivity index (χ3n) is 2.80. The number of aromatic nitrogens is 2. The summed E-state index contributed by atoms with van der Waals surface area (Å²) in [6.45, 7) is 1.94. The second-order valence-electron chi connectivity index (χ2n) is 4.37. The van der Waals surface area contributed by atoms with Crippen LogP contribution in [0.2, 0.25) is 0 Å². The number of benzene rings is 1. The SMILES string of the molecule is COCn1ccc(C(=O)Nc2ccc([N+](=O)[O-])cc2C)n1. The number of hydrogen-bond donors (Lipinski definition) is 1. The minimum atomic E-state index is -0.481. The quantitative estimate of drug-likeness (QED) is 0.670.